The smallest absolute Gasteiger partial charge is 0.0575 e. The zero-order valence-corrected chi connectivity index (χ0v) is 11.5. The zero-order chi connectivity index (χ0) is 12.3. The molecule has 0 aromatic rings. The van der Waals surface area contributed by atoms with E-state index in [2.05, 4.69) is 37.7 Å². The van der Waals surface area contributed by atoms with Crippen LogP contribution in [-0.2, 0) is 0 Å². The van der Waals surface area contributed by atoms with Crippen LogP contribution in [-0.4, -0.2) is 61.3 Å². The van der Waals surface area contributed by atoms with E-state index in [9.17, 15) is 5.11 Å². The topological polar surface area (TPSA) is 26.7 Å². The van der Waals surface area contributed by atoms with Crippen molar-refractivity contribution < 1.29 is 5.11 Å². The van der Waals surface area contributed by atoms with Crippen molar-refractivity contribution in [3.8, 4) is 0 Å². The number of hydrogen-bond donors (Lipinski definition) is 1. The summed E-state index contributed by atoms with van der Waals surface area (Å²) in [6.45, 7) is 10.7. The van der Waals surface area contributed by atoms with E-state index in [-0.39, 0.29) is 11.5 Å². The molecule has 1 N–H and O–H groups in total. The monoisotopic (exact) mass is 228 g/mol. The molecule has 2 unspecified atom stereocenters. The molecule has 0 aromatic heterocycles. The van der Waals surface area contributed by atoms with Gasteiger partial charge in [-0.25, -0.2) is 0 Å². The second kappa shape index (κ2) is 5.48. The van der Waals surface area contributed by atoms with Gasteiger partial charge in [0, 0.05) is 25.0 Å². The Morgan fingerprint density at radius 2 is 2.12 bits per heavy atom. The SMILES string of the molecule is CC(O)C(C)(C)CN(C)CC1CCN(C)C1. The second-order valence-corrected chi connectivity index (χ2v) is 6.28. The molecule has 0 radical (unpaired) electrons. The van der Waals surface area contributed by atoms with E-state index < -0.39 is 0 Å². The molecule has 96 valence electrons. The molecular weight excluding hydrogens is 200 g/mol. The van der Waals surface area contributed by atoms with Gasteiger partial charge in [-0.3, -0.25) is 0 Å². The van der Waals surface area contributed by atoms with Gasteiger partial charge in [0.1, 0.15) is 0 Å². The van der Waals surface area contributed by atoms with Crippen molar-refractivity contribution in [3.63, 3.8) is 0 Å². The number of likely N-dealkylation sites (tertiary alicyclic amines) is 1. The first-order chi connectivity index (χ1) is 7.31. The number of nitrogens with zero attached hydrogens (tertiary/aromatic N) is 2. The normalized spacial score (nSPS) is 25.3. The molecule has 1 aliphatic rings. The average molecular weight is 228 g/mol. The molecular formula is C13H28N2O. The van der Waals surface area contributed by atoms with Crippen LogP contribution >= 0.6 is 0 Å². The largest absolute Gasteiger partial charge is 0.393 e. The molecule has 3 nitrogen and oxygen atoms in total. The highest BCUT2D eigenvalue weighted by atomic mass is 16.3. The first-order valence-electron chi connectivity index (χ1n) is 6.36. The summed E-state index contributed by atoms with van der Waals surface area (Å²) in [7, 11) is 4.36. The fraction of sp³-hybridized carbons (Fsp3) is 1.00. The summed E-state index contributed by atoms with van der Waals surface area (Å²) in [6.07, 6.45) is 1.07. The summed E-state index contributed by atoms with van der Waals surface area (Å²) in [4.78, 5) is 4.77. The van der Waals surface area contributed by atoms with Gasteiger partial charge in [-0.15, -0.1) is 0 Å². The fourth-order valence-corrected chi connectivity index (χ4v) is 2.51. The summed E-state index contributed by atoms with van der Waals surface area (Å²) < 4.78 is 0. The van der Waals surface area contributed by atoms with Gasteiger partial charge < -0.3 is 14.9 Å². The standard InChI is InChI=1S/C13H28N2O/c1-11(16)13(2,3)10-15(5)9-12-6-7-14(4)8-12/h11-12,16H,6-10H2,1-5H3. The molecule has 16 heavy (non-hydrogen) atoms. The molecule has 0 spiro atoms. The van der Waals surface area contributed by atoms with Crippen LogP contribution in [0, 0.1) is 11.3 Å². The first-order valence-corrected chi connectivity index (χ1v) is 6.36. The zero-order valence-electron chi connectivity index (χ0n) is 11.5. The van der Waals surface area contributed by atoms with E-state index in [1.807, 2.05) is 6.92 Å². The highest BCUT2D eigenvalue weighted by Crippen LogP contribution is 2.23. The predicted octanol–water partition coefficient (Wildman–Crippen LogP) is 1.28. The first kappa shape index (κ1) is 13.9. The van der Waals surface area contributed by atoms with Crippen LogP contribution in [0.25, 0.3) is 0 Å². The average Bonchev–Trinajstić information content (AvgIpc) is 2.49. The quantitative estimate of drug-likeness (QED) is 0.768. The molecule has 2 atom stereocenters. The third kappa shape index (κ3) is 4.04. The minimum Gasteiger partial charge on any atom is -0.393 e. The second-order valence-electron chi connectivity index (χ2n) is 6.28. The summed E-state index contributed by atoms with van der Waals surface area (Å²) in [5.41, 5.74) is -0.0146. The van der Waals surface area contributed by atoms with Crippen LogP contribution < -0.4 is 0 Å². The third-order valence-corrected chi connectivity index (χ3v) is 3.87. The minimum absolute atomic E-state index is 0.0146. The van der Waals surface area contributed by atoms with Crippen molar-refractivity contribution in [2.75, 3.05) is 40.3 Å². The maximum atomic E-state index is 9.70. The van der Waals surface area contributed by atoms with Gasteiger partial charge in [-0.05, 0) is 39.9 Å². The Balaban J connectivity index is 2.33. The third-order valence-electron chi connectivity index (χ3n) is 3.87. The molecule has 3 heteroatoms. The molecule has 1 saturated heterocycles. The number of aliphatic hydroxyl groups excluding tert-OH is 1. The lowest BCUT2D eigenvalue weighted by Gasteiger charge is -2.33. The molecule has 0 aromatic carbocycles. The van der Waals surface area contributed by atoms with E-state index in [0.29, 0.717) is 0 Å². The summed E-state index contributed by atoms with van der Waals surface area (Å²) >= 11 is 0. The summed E-state index contributed by atoms with van der Waals surface area (Å²) in [5, 5.41) is 9.70. The predicted molar refractivity (Wildman–Crippen MR) is 68.6 cm³/mol. The number of aliphatic hydroxyl groups is 1. The Kier molecular flexibility index (Phi) is 4.77. The maximum Gasteiger partial charge on any atom is 0.0575 e. The van der Waals surface area contributed by atoms with Crippen molar-refractivity contribution in [3.05, 3.63) is 0 Å². The number of hydrogen-bond acceptors (Lipinski definition) is 3. The van der Waals surface area contributed by atoms with Crippen molar-refractivity contribution in [1.82, 2.24) is 9.80 Å². The Bertz CT molecular complexity index is 216. The molecule has 0 aliphatic carbocycles. The van der Waals surface area contributed by atoms with Crippen molar-refractivity contribution in [1.29, 1.82) is 0 Å². The van der Waals surface area contributed by atoms with Crippen LogP contribution in [0.5, 0.6) is 0 Å². The van der Waals surface area contributed by atoms with Gasteiger partial charge in [0.05, 0.1) is 6.10 Å². The van der Waals surface area contributed by atoms with Gasteiger partial charge >= 0.3 is 0 Å². The van der Waals surface area contributed by atoms with Gasteiger partial charge in [0.25, 0.3) is 0 Å². The van der Waals surface area contributed by atoms with Gasteiger partial charge in [-0.2, -0.15) is 0 Å². The minimum atomic E-state index is -0.249. The molecule has 1 heterocycles. The van der Waals surface area contributed by atoms with E-state index in [1.165, 1.54) is 19.5 Å². The van der Waals surface area contributed by atoms with Crippen LogP contribution in [0.2, 0.25) is 0 Å². The van der Waals surface area contributed by atoms with Crippen LogP contribution in [0.4, 0.5) is 0 Å². The van der Waals surface area contributed by atoms with E-state index in [0.717, 1.165) is 19.0 Å². The lowest BCUT2D eigenvalue weighted by molar-refractivity contribution is 0.0378. The maximum absolute atomic E-state index is 9.70. The van der Waals surface area contributed by atoms with Crippen LogP contribution in [0.3, 0.4) is 0 Å². The Hall–Kier alpha value is -0.120. The lowest BCUT2D eigenvalue weighted by Crippen LogP contribution is -2.40. The van der Waals surface area contributed by atoms with E-state index in [4.69, 9.17) is 0 Å². The lowest BCUT2D eigenvalue weighted by atomic mass is 9.87. The molecule has 1 aliphatic heterocycles. The van der Waals surface area contributed by atoms with Gasteiger partial charge in [-0.1, -0.05) is 13.8 Å². The van der Waals surface area contributed by atoms with Crippen LogP contribution in [0.1, 0.15) is 27.2 Å². The molecule has 1 rings (SSSR count). The van der Waals surface area contributed by atoms with Gasteiger partial charge in [0.2, 0.25) is 0 Å². The summed E-state index contributed by atoms with van der Waals surface area (Å²) in [5.74, 6) is 0.805. The number of rotatable bonds is 5. The van der Waals surface area contributed by atoms with Crippen molar-refractivity contribution in [2.45, 2.75) is 33.3 Å². The van der Waals surface area contributed by atoms with E-state index >= 15 is 0 Å². The van der Waals surface area contributed by atoms with E-state index in [1.54, 1.807) is 0 Å². The van der Waals surface area contributed by atoms with Crippen molar-refractivity contribution >= 4 is 0 Å². The fourth-order valence-electron chi connectivity index (χ4n) is 2.51. The molecule has 0 amide bonds. The van der Waals surface area contributed by atoms with Gasteiger partial charge in [0.15, 0.2) is 0 Å². The molecule has 0 saturated carbocycles. The molecule has 0 bridgehead atoms. The van der Waals surface area contributed by atoms with Crippen LogP contribution in [0.15, 0.2) is 0 Å². The highest BCUT2D eigenvalue weighted by Gasteiger charge is 2.27. The summed E-state index contributed by atoms with van der Waals surface area (Å²) in [6, 6.07) is 0. The van der Waals surface area contributed by atoms with Crippen molar-refractivity contribution in [2.24, 2.45) is 11.3 Å². The Labute approximate surface area is 100 Å². The Morgan fingerprint density at radius 3 is 2.56 bits per heavy atom. The molecule has 1 fully saturated rings. The Morgan fingerprint density at radius 1 is 1.50 bits per heavy atom. The highest BCUT2D eigenvalue weighted by molar-refractivity contribution is 4.80.